The second kappa shape index (κ2) is 5.87. The molecule has 0 aliphatic heterocycles. The third-order valence-electron chi connectivity index (χ3n) is 1.97. The fourth-order valence-corrected chi connectivity index (χ4v) is 1.46. The number of nitro groups is 1. The molecule has 1 amide bonds. The maximum absolute atomic E-state index is 11.6. The SMILES string of the molecule is C#CCCNC(=O)c1cccc([N+](=O)[O-])c1Cl. The maximum atomic E-state index is 11.6. The lowest BCUT2D eigenvalue weighted by Gasteiger charge is -2.05. The van der Waals surface area contributed by atoms with Gasteiger partial charge < -0.3 is 5.32 Å². The van der Waals surface area contributed by atoms with Crippen LogP contribution in [0.1, 0.15) is 16.8 Å². The average molecular weight is 253 g/mol. The Morgan fingerprint density at radius 1 is 1.59 bits per heavy atom. The highest BCUT2D eigenvalue weighted by atomic mass is 35.5. The van der Waals surface area contributed by atoms with Crippen molar-refractivity contribution in [1.29, 1.82) is 0 Å². The molecule has 0 unspecified atom stereocenters. The average Bonchev–Trinajstić information content (AvgIpc) is 2.29. The van der Waals surface area contributed by atoms with Crippen molar-refractivity contribution < 1.29 is 9.72 Å². The Kier molecular flexibility index (Phi) is 4.49. The molecule has 1 rings (SSSR count). The zero-order valence-corrected chi connectivity index (χ0v) is 9.53. The van der Waals surface area contributed by atoms with Gasteiger partial charge in [-0.3, -0.25) is 14.9 Å². The molecular weight excluding hydrogens is 244 g/mol. The smallest absolute Gasteiger partial charge is 0.288 e. The molecule has 5 nitrogen and oxygen atoms in total. The summed E-state index contributed by atoms with van der Waals surface area (Å²) in [5, 5.41) is 13.0. The Hall–Kier alpha value is -2.06. The summed E-state index contributed by atoms with van der Waals surface area (Å²) in [6.45, 7) is 0.300. The third kappa shape index (κ3) is 3.20. The van der Waals surface area contributed by atoms with Crippen molar-refractivity contribution in [3.05, 3.63) is 38.9 Å². The van der Waals surface area contributed by atoms with Crippen molar-refractivity contribution in [2.24, 2.45) is 0 Å². The van der Waals surface area contributed by atoms with Crippen molar-refractivity contribution >= 4 is 23.2 Å². The number of terminal acetylenes is 1. The van der Waals surface area contributed by atoms with Crippen molar-refractivity contribution in [2.45, 2.75) is 6.42 Å². The van der Waals surface area contributed by atoms with Crippen LogP contribution in [0.5, 0.6) is 0 Å². The lowest BCUT2D eigenvalue weighted by atomic mass is 10.2. The fraction of sp³-hybridized carbons (Fsp3) is 0.182. The minimum atomic E-state index is -0.638. The molecule has 0 aliphatic carbocycles. The molecule has 0 spiro atoms. The third-order valence-corrected chi connectivity index (χ3v) is 2.37. The molecule has 0 fully saturated rings. The molecule has 1 aromatic carbocycles. The molecule has 0 atom stereocenters. The minimum absolute atomic E-state index is 0.0675. The summed E-state index contributed by atoms with van der Waals surface area (Å²) in [6, 6.07) is 4.06. The monoisotopic (exact) mass is 252 g/mol. The van der Waals surface area contributed by atoms with E-state index in [1.807, 2.05) is 0 Å². The first-order valence-corrected chi connectivity index (χ1v) is 5.10. The van der Waals surface area contributed by atoms with E-state index in [1.54, 1.807) is 0 Å². The molecule has 0 bridgehead atoms. The Labute approximate surface area is 103 Å². The maximum Gasteiger partial charge on any atom is 0.288 e. The molecule has 0 aliphatic rings. The van der Waals surface area contributed by atoms with E-state index >= 15 is 0 Å². The van der Waals surface area contributed by atoms with Crippen LogP contribution >= 0.6 is 11.6 Å². The number of rotatable bonds is 4. The number of halogens is 1. The molecule has 0 heterocycles. The largest absolute Gasteiger partial charge is 0.351 e. The highest BCUT2D eigenvalue weighted by Crippen LogP contribution is 2.27. The predicted molar refractivity (Wildman–Crippen MR) is 63.9 cm³/mol. The van der Waals surface area contributed by atoms with Gasteiger partial charge in [0.25, 0.3) is 11.6 Å². The van der Waals surface area contributed by atoms with Crippen molar-refractivity contribution in [2.75, 3.05) is 6.54 Å². The minimum Gasteiger partial charge on any atom is -0.351 e. The van der Waals surface area contributed by atoms with Crippen LogP contribution in [-0.2, 0) is 0 Å². The van der Waals surface area contributed by atoms with Crippen molar-refractivity contribution in [3.63, 3.8) is 0 Å². The molecule has 0 radical (unpaired) electrons. The van der Waals surface area contributed by atoms with Crippen LogP contribution in [0.25, 0.3) is 0 Å². The van der Waals surface area contributed by atoms with Gasteiger partial charge in [0.15, 0.2) is 0 Å². The lowest BCUT2D eigenvalue weighted by Crippen LogP contribution is -2.24. The lowest BCUT2D eigenvalue weighted by molar-refractivity contribution is -0.384. The van der Waals surface area contributed by atoms with E-state index in [0.717, 1.165) is 0 Å². The summed E-state index contributed by atoms with van der Waals surface area (Å²) in [6.07, 6.45) is 5.42. The Morgan fingerprint density at radius 3 is 2.88 bits per heavy atom. The van der Waals surface area contributed by atoms with Gasteiger partial charge >= 0.3 is 0 Å². The zero-order valence-electron chi connectivity index (χ0n) is 8.77. The van der Waals surface area contributed by atoms with Crippen molar-refractivity contribution in [1.82, 2.24) is 5.32 Å². The van der Waals surface area contributed by atoms with Gasteiger partial charge in [-0.15, -0.1) is 12.3 Å². The van der Waals surface area contributed by atoms with Gasteiger partial charge in [-0.25, -0.2) is 0 Å². The first-order chi connectivity index (χ1) is 8.07. The summed E-state index contributed by atoms with van der Waals surface area (Å²) in [7, 11) is 0. The molecule has 0 aromatic heterocycles. The number of hydrogen-bond donors (Lipinski definition) is 1. The highest BCUT2D eigenvalue weighted by molar-refractivity contribution is 6.35. The second-order valence-corrected chi connectivity index (χ2v) is 3.48. The first-order valence-electron chi connectivity index (χ1n) is 4.72. The van der Waals surface area contributed by atoms with E-state index in [4.69, 9.17) is 18.0 Å². The number of carbonyl (C=O) groups is 1. The van der Waals surface area contributed by atoms with Gasteiger partial charge in [0.1, 0.15) is 5.02 Å². The number of hydrogen-bond acceptors (Lipinski definition) is 3. The molecular formula is C11H9ClN2O3. The van der Waals surface area contributed by atoms with Crippen LogP contribution in [0, 0.1) is 22.5 Å². The number of nitro benzene ring substituents is 1. The highest BCUT2D eigenvalue weighted by Gasteiger charge is 2.19. The van der Waals surface area contributed by atoms with E-state index in [2.05, 4.69) is 11.2 Å². The standard InChI is InChI=1S/C11H9ClN2O3/c1-2-3-7-13-11(15)8-5-4-6-9(10(8)12)14(16)17/h1,4-6H,3,7H2,(H,13,15). The van der Waals surface area contributed by atoms with E-state index in [-0.39, 0.29) is 16.3 Å². The van der Waals surface area contributed by atoms with Crippen LogP contribution < -0.4 is 5.32 Å². The van der Waals surface area contributed by atoms with Crippen LogP contribution in [0.15, 0.2) is 18.2 Å². The Morgan fingerprint density at radius 2 is 2.29 bits per heavy atom. The number of nitrogens with one attached hydrogen (secondary N) is 1. The topological polar surface area (TPSA) is 72.2 Å². The Balaban J connectivity index is 2.92. The van der Waals surface area contributed by atoms with Gasteiger partial charge in [-0.2, -0.15) is 0 Å². The molecule has 0 saturated heterocycles. The molecule has 88 valence electrons. The summed E-state index contributed by atoms with van der Waals surface area (Å²) < 4.78 is 0. The van der Waals surface area contributed by atoms with Gasteiger partial charge in [0, 0.05) is 19.0 Å². The summed E-state index contributed by atoms with van der Waals surface area (Å²) in [4.78, 5) is 21.6. The van der Waals surface area contributed by atoms with E-state index in [0.29, 0.717) is 13.0 Å². The summed E-state index contributed by atoms with van der Waals surface area (Å²) in [5.41, 5.74) is -0.228. The number of amides is 1. The van der Waals surface area contributed by atoms with E-state index < -0.39 is 10.8 Å². The molecule has 1 aromatic rings. The van der Waals surface area contributed by atoms with Gasteiger partial charge in [0.05, 0.1) is 10.5 Å². The zero-order chi connectivity index (χ0) is 12.8. The van der Waals surface area contributed by atoms with Crippen LogP contribution in [0.2, 0.25) is 5.02 Å². The van der Waals surface area contributed by atoms with Gasteiger partial charge in [0.2, 0.25) is 0 Å². The number of nitrogens with zero attached hydrogens (tertiary/aromatic N) is 1. The Bertz CT molecular complexity index is 494. The quantitative estimate of drug-likeness (QED) is 0.386. The number of carbonyl (C=O) groups excluding carboxylic acids is 1. The van der Waals surface area contributed by atoms with Crippen LogP contribution in [0.3, 0.4) is 0 Å². The summed E-state index contributed by atoms with van der Waals surface area (Å²) in [5.74, 6) is 1.88. The molecule has 17 heavy (non-hydrogen) atoms. The van der Waals surface area contributed by atoms with Crippen molar-refractivity contribution in [3.8, 4) is 12.3 Å². The fourth-order valence-electron chi connectivity index (χ4n) is 1.18. The second-order valence-electron chi connectivity index (χ2n) is 3.11. The normalized spacial score (nSPS) is 9.41. The molecule has 0 saturated carbocycles. The predicted octanol–water partition coefficient (Wildman–Crippen LogP) is 2.00. The van der Waals surface area contributed by atoms with E-state index in [9.17, 15) is 14.9 Å². The first kappa shape index (κ1) is 13.0. The molecule has 6 heteroatoms. The molecule has 1 N–H and O–H groups in total. The number of benzene rings is 1. The summed E-state index contributed by atoms with van der Waals surface area (Å²) >= 11 is 5.77. The van der Waals surface area contributed by atoms with Gasteiger partial charge in [-0.05, 0) is 6.07 Å². The van der Waals surface area contributed by atoms with E-state index in [1.165, 1.54) is 18.2 Å². The van der Waals surface area contributed by atoms with Gasteiger partial charge in [-0.1, -0.05) is 17.7 Å². The van der Waals surface area contributed by atoms with Crippen LogP contribution in [0.4, 0.5) is 5.69 Å². The van der Waals surface area contributed by atoms with Crippen LogP contribution in [-0.4, -0.2) is 17.4 Å².